The third-order valence-electron chi connectivity index (χ3n) is 3.35. The number of rotatable bonds is 3. The minimum atomic E-state index is -0.696. The molecule has 3 rings (SSSR count). The first-order valence-corrected chi connectivity index (χ1v) is 7.01. The number of halogens is 2. The zero-order chi connectivity index (χ0) is 16.6. The third kappa shape index (κ3) is 2.89. The molecule has 0 aliphatic rings. The van der Waals surface area contributed by atoms with Gasteiger partial charge in [0.2, 0.25) is 5.91 Å². The summed E-state index contributed by atoms with van der Waals surface area (Å²) in [4.78, 5) is 26.3. The fourth-order valence-electron chi connectivity index (χ4n) is 2.23. The van der Waals surface area contributed by atoms with E-state index < -0.39 is 17.6 Å². The number of hydrogen-bond donors (Lipinski definition) is 3. The molecule has 23 heavy (non-hydrogen) atoms. The van der Waals surface area contributed by atoms with Gasteiger partial charge in [-0.05, 0) is 36.4 Å². The molecule has 0 spiro atoms. The Bertz CT molecular complexity index is 936. The van der Waals surface area contributed by atoms with E-state index in [0.29, 0.717) is 16.6 Å². The van der Waals surface area contributed by atoms with E-state index in [1.54, 1.807) is 12.1 Å². The molecule has 0 saturated heterocycles. The number of primary amides is 1. The molecule has 2 aromatic carbocycles. The first-order chi connectivity index (χ1) is 11.0. The van der Waals surface area contributed by atoms with Gasteiger partial charge < -0.3 is 16.0 Å². The number of fused-ring (bicyclic) bond motifs is 1. The van der Waals surface area contributed by atoms with Crippen LogP contribution in [0.5, 0.6) is 0 Å². The van der Waals surface area contributed by atoms with E-state index in [4.69, 9.17) is 17.3 Å². The maximum Gasteiger partial charge on any atom is 0.272 e. The normalized spacial score (nSPS) is 10.7. The largest absolute Gasteiger partial charge is 0.366 e. The van der Waals surface area contributed by atoms with Crippen molar-refractivity contribution in [3.05, 3.63) is 64.6 Å². The van der Waals surface area contributed by atoms with Crippen molar-refractivity contribution < 1.29 is 14.0 Å². The van der Waals surface area contributed by atoms with E-state index in [1.807, 2.05) is 0 Å². The van der Waals surface area contributed by atoms with Crippen LogP contribution in [0.15, 0.2) is 42.5 Å². The van der Waals surface area contributed by atoms with Gasteiger partial charge in [-0.25, -0.2) is 4.39 Å². The monoisotopic (exact) mass is 331 g/mol. The van der Waals surface area contributed by atoms with Crippen LogP contribution in [-0.4, -0.2) is 16.8 Å². The molecule has 1 heterocycles. The predicted molar refractivity (Wildman–Crippen MR) is 86.2 cm³/mol. The molecule has 4 N–H and O–H groups in total. The number of H-pyrrole nitrogens is 1. The summed E-state index contributed by atoms with van der Waals surface area (Å²) in [5.74, 6) is -1.59. The average molecular weight is 332 g/mol. The summed E-state index contributed by atoms with van der Waals surface area (Å²) in [5, 5.41) is 3.12. The highest BCUT2D eigenvalue weighted by Crippen LogP contribution is 2.22. The number of aromatic amines is 1. The summed E-state index contributed by atoms with van der Waals surface area (Å²) in [5.41, 5.74) is 6.38. The maximum absolute atomic E-state index is 13.7. The van der Waals surface area contributed by atoms with Gasteiger partial charge in [0.25, 0.3) is 5.91 Å². The lowest BCUT2D eigenvalue weighted by molar-refractivity contribution is 0.0995. The summed E-state index contributed by atoms with van der Waals surface area (Å²) in [6.07, 6.45) is 0. The fraction of sp³-hybridized carbons (Fsp3) is 0. The van der Waals surface area contributed by atoms with E-state index in [2.05, 4.69) is 10.3 Å². The lowest BCUT2D eigenvalue weighted by Gasteiger charge is -2.06. The number of hydrogen-bond acceptors (Lipinski definition) is 2. The fourth-order valence-corrected chi connectivity index (χ4v) is 2.44. The molecule has 0 unspecified atom stereocenters. The highest BCUT2D eigenvalue weighted by atomic mass is 35.5. The summed E-state index contributed by atoms with van der Waals surface area (Å²) in [7, 11) is 0. The highest BCUT2D eigenvalue weighted by molar-refractivity contribution is 6.34. The Morgan fingerprint density at radius 2 is 1.96 bits per heavy atom. The Labute approximate surface area is 135 Å². The van der Waals surface area contributed by atoms with Gasteiger partial charge in [-0.1, -0.05) is 17.7 Å². The van der Waals surface area contributed by atoms with Gasteiger partial charge in [-0.15, -0.1) is 0 Å². The minimum absolute atomic E-state index is 0.104. The standard InChI is InChI=1S/C16H11ClFN3O2/c17-11-5-4-8(6-9(11)15(19)22)20-16(23)14-7-10-12(18)2-1-3-13(10)21-14/h1-7,21H,(H2,19,22)(H,20,23). The number of nitrogens with two attached hydrogens (primary N) is 1. The van der Waals surface area contributed by atoms with Gasteiger partial charge in [-0.3, -0.25) is 9.59 Å². The third-order valence-corrected chi connectivity index (χ3v) is 3.67. The van der Waals surface area contributed by atoms with Crippen molar-refractivity contribution in [3.8, 4) is 0 Å². The van der Waals surface area contributed by atoms with Crippen LogP contribution in [0.2, 0.25) is 5.02 Å². The van der Waals surface area contributed by atoms with Crippen molar-refractivity contribution in [2.24, 2.45) is 5.73 Å². The number of amides is 2. The second kappa shape index (κ2) is 5.73. The van der Waals surface area contributed by atoms with Gasteiger partial charge in [0.05, 0.1) is 10.6 Å². The van der Waals surface area contributed by atoms with Gasteiger partial charge >= 0.3 is 0 Å². The summed E-state index contributed by atoms with van der Waals surface area (Å²) >= 11 is 5.85. The number of anilines is 1. The molecule has 116 valence electrons. The Morgan fingerprint density at radius 3 is 2.65 bits per heavy atom. The van der Waals surface area contributed by atoms with E-state index in [9.17, 15) is 14.0 Å². The molecule has 3 aromatic rings. The number of carbonyl (C=O) groups excluding carboxylic acids is 2. The average Bonchev–Trinajstić information content (AvgIpc) is 2.94. The van der Waals surface area contributed by atoms with Crippen molar-refractivity contribution in [1.29, 1.82) is 0 Å². The van der Waals surface area contributed by atoms with Gasteiger partial charge in [0.1, 0.15) is 11.5 Å². The van der Waals surface area contributed by atoms with Gasteiger partial charge in [0, 0.05) is 16.6 Å². The molecule has 0 aliphatic carbocycles. The van der Waals surface area contributed by atoms with Crippen LogP contribution in [0.1, 0.15) is 20.8 Å². The smallest absolute Gasteiger partial charge is 0.272 e. The van der Waals surface area contributed by atoms with Crippen LogP contribution in [-0.2, 0) is 0 Å². The maximum atomic E-state index is 13.7. The first kappa shape index (κ1) is 15.1. The summed E-state index contributed by atoms with van der Waals surface area (Å²) in [6.45, 7) is 0. The molecular weight excluding hydrogens is 321 g/mol. The second-order valence-corrected chi connectivity index (χ2v) is 5.30. The molecule has 0 saturated carbocycles. The molecule has 0 atom stereocenters. The minimum Gasteiger partial charge on any atom is -0.366 e. The van der Waals surface area contributed by atoms with E-state index >= 15 is 0 Å². The zero-order valence-corrected chi connectivity index (χ0v) is 12.4. The number of benzene rings is 2. The SMILES string of the molecule is NC(=O)c1cc(NC(=O)c2cc3c(F)cccc3[nH]2)ccc1Cl. The molecule has 0 bridgehead atoms. The molecule has 0 radical (unpaired) electrons. The van der Waals surface area contributed by atoms with Crippen LogP contribution in [0.4, 0.5) is 10.1 Å². The zero-order valence-electron chi connectivity index (χ0n) is 11.7. The van der Waals surface area contributed by atoms with Crippen molar-refractivity contribution in [1.82, 2.24) is 4.98 Å². The molecule has 0 fully saturated rings. The Hall–Kier alpha value is -2.86. The van der Waals surface area contributed by atoms with E-state index in [0.717, 1.165) is 0 Å². The molecule has 7 heteroatoms. The summed E-state index contributed by atoms with van der Waals surface area (Å²) in [6, 6.07) is 10.3. The van der Waals surface area contributed by atoms with E-state index in [-0.39, 0.29) is 16.3 Å². The Morgan fingerprint density at radius 1 is 1.17 bits per heavy atom. The molecule has 1 aromatic heterocycles. The molecule has 2 amide bonds. The Kier molecular flexibility index (Phi) is 3.75. The lowest BCUT2D eigenvalue weighted by Crippen LogP contribution is -2.15. The lowest BCUT2D eigenvalue weighted by atomic mass is 10.2. The highest BCUT2D eigenvalue weighted by Gasteiger charge is 2.13. The molecule has 0 aliphatic heterocycles. The van der Waals surface area contributed by atoms with Crippen molar-refractivity contribution in [2.45, 2.75) is 0 Å². The van der Waals surface area contributed by atoms with Crippen LogP contribution in [0.3, 0.4) is 0 Å². The predicted octanol–water partition coefficient (Wildman–Crippen LogP) is 3.31. The first-order valence-electron chi connectivity index (χ1n) is 6.63. The number of aromatic nitrogens is 1. The summed E-state index contributed by atoms with van der Waals surface area (Å²) < 4.78 is 13.7. The quantitative estimate of drug-likeness (QED) is 0.687. The van der Waals surface area contributed by atoms with Crippen LogP contribution >= 0.6 is 11.6 Å². The van der Waals surface area contributed by atoms with E-state index in [1.165, 1.54) is 30.3 Å². The van der Waals surface area contributed by atoms with Crippen molar-refractivity contribution >= 4 is 40.0 Å². The number of nitrogens with one attached hydrogen (secondary N) is 2. The Balaban J connectivity index is 1.90. The molecule has 5 nitrogen and oxygen atoms in total. The topological polar surface area (TPSA) is 88.0 Å². The van der Waals surface area contributed by atoms with Crippen LogP contribution in [0.25, 0.3) is 10.9 Å². The number of carbonyl (C=O) groups is 2. The second-order valence-electron chi connectivity index (χ2n) is 4.90. The van der Waals surface area contributed by atoms with Gasteiger partial charge in [-0.2, -0.15) is 0 Å². The van der Waals surface area contributed by atoms with Crippen molar-refractivity contribution in [3.63, 3.8) is 0 Å². The van der Waals surface area contributed by atoms with Gasteiger partial charge in [0.15, 0.2) is 0 Å². The van der Waals surface area contributed by atoms with Crippen LogP contribution in [0, 0.1) is 5.82 Å². The molecular formula is C16H11ClFN3O2. The van der Waals surface area contributed by atoms with Crippen LogP contribution < -0.4 is 11.1 Å². The van der Waals surface area contributed by atoms with Crippen molar-refractivity contribution in [2.75, 3.05) is 5.32 Å².